The maximum atomic E-state index is 14.0. The topological polar surface area (TPSA) is 187 Å². The number of carbonyl (C=O) groups excluding carboxylic acids is 2. The van der Waals surface area contributed by atoms with E-state index in [1.165, 1.54) is 0 Å². The fourth-order valence-corrected chi connectivity index (χ4v) is 8.65. The van der Waals surface area contributed by atoms with Gasteiger partial charge < -0.3 is 34.4 Å². The lowest BCUT2D eigenvalue weighted by Gasteiger charge is -2.46. The van der Waals surface area contributed by atoms with E-state index < -0.39 is 72.7 Å². The first kappa shape index (κ1) is 46.6. The molecule has 334 valence electrons. The number of rotatable bonds is 11. The Morgan fingerprint density at radius 2 is 1.47 bits per heavy atom. The molecule has 0 aliphatic carbocycles. The van der Waals surface area contributed by atoms with Crippen LogP contribution in [0.15, 0.2) is 96.9 Å². The van der Waals surface area contributed by atoms with Crippen molar-refractivity contribution in [1.82, 2.24) is 34.9 Å². The fraction of sp³-hybridized carbons (Fsp3) is 0.532. The number of ketones is 1. The third-order valence-electron chi connectivity index (χ3n) is 12.3. The molecule has 2 aliphatic heterocycles. The number of carbonyl (C=O) groups is 2. The van der Waals surface area contributed by atoms with Crippen molar-refractivity contribution in [1.29, 1.82) is 0 Å². The number of allylic oxidation sites excluding steroid dienone is 3. The fourth-order valence-electron chi connectivity index (χ4n) is 8.65. The van der Waals surface area contributed by atoms with Crippen LogP contribution >= 0.6 is 0 Å². The van der Waals surface area contributed by atoms with Gasteiger partial charge in [0, 0.05) is 35.4 Å². The van der Waals surface area contributed by atoms with E-state index in [-0.39, 0.29) is 18.1 Å². The molecule has 3 N–H and O–H groups in total. The molecule has 0 spiro atoms. The lowest BCUT2D eigenvalue weighted by atomic mass is 9.79. The number of cyclic esters (lactones) is 1. The molecule has 1 saturated heterocycles. The molecule has 15 heteroatoms. The van der Waals surface area contributed by atoms with E-state index in [0.717, 1.165) is 16.7 Å². The van der Waals surface area contributed by atoms with Crippen LogP contribution < -0.4 is 0 Å². The molecule has 2 aromatic heterocycles. The summed E-state index contributed by atoms with van der Waals surface area (Å²) in [5.74, 6) is -2.62. The van der Waals surface area contributed by atoms with E-state index in [0.29, 0.717) is 43.7 Å². The van der Waals surface area contributed by atoms with Gasteiger partial charge in [0.1, 0.15) is 23.6 Å². The smallest absolute Gasteiger partial charge is 0.308 e. The highest BCUT2D eigenvalue weighted by Crippen LogP contribution is 2.35. The first-order valence-electron chi connectivity index (χ1n) is 21.7. The van der Waals surface area contributed by atoms with E-state index in [1.807, 2.05) is 99.9 Å². The Balaban J connectivity index is 1.32. The molecule has 3 unspecified atom stereocenters. The summed E-state index contributed by atoms with van der Waals surface area (Å²) in [6.45, 7) is 9.98. The first-order chi connectivity index (χ1) is 29.7. The number of hydrogen-bond acceptors (Lipinski definition) is 13. The minimum atomic E-state index is -1.26. The highest BCUT2D eigenvalue weighted by molar-refractivity contribution is 5.91. The molecule has 1 fully saturated rings. The van der Waals surface area contributed by atoms with Crippen molar-refractivity contribution in [3.8, 4) is 22.5 Å². The number of aliphatic hydroxyl groups is 3. The van der Waals surface area contributed by atoms with Gasteiger partial charge in [-0.05, 0) is 59.2 Å². The Morgan fingerprint density at radius 1 is 0.855 bits per heavy atom. The van der Waals surface area contributed by atoms with E-state index >= 15 is 0 Å². The molecule has 0 amide bonds. The van der Waals surface area contributed by atoms with Gasteiger partial charge in [0.15, 0.2) is 12.1 Å². The van der Waals surface area contributed by atoms with Gasteiger partial charge in [-0.3, -0.25) is 19.0 Å². The molecule has 15 nitrogen and oxygen atoms in total. The number of benzene rings is 2. The highest BCUT2D eigenvalue weighted by Gasteiger charge is 2.47. The molecule has 4 heterocycles. The highest BCUT2D eigenvalue weighted by atomic mass is 16.7. The summed E-state index contributed by atoms with van der Waals surface area (Å²) < 4.78 is 22.6. The van der Waals surface area contributed by atoms with E-state index in [4.69, 9.17) is 14.2 Å². The van der Waals surface area contributed by atoms with Crippen LogP contribution in [0.25, 0.3) is 22.5 Å². The number of aromatic nitrogens is 6. The summed E-state index contributed by atoms with van der Waals surface area (Å²) in [5.41, 5.74) is 4.08. The average Bonchev–Trinajstić information content (AvgIpc) is 3.94. The van der Waals surface area contributed by atoms with Crippen molar-refractivity contribution in [3.63, 3.8) is 0 Å². The van der Waals surface area contributed by atoms with Crippen molar-refractivity contribution in [2.24, 2.45) is 23.7 Å². The van der Waals surface area contributed by atoms with Gasteiger partial charge in [-0.2, -0.15) is 0 Å². The normalized spacial score (nSPS) is 30.6. The summed E-state index contributed by atoms with van der Waals surface area (Å²) >= 11 is 0. The van der Waals surface area contributed by atoms with E-state index in [2.05, 4.69) is 20.6 Å². The SMILES string of the molecule is CC[C@H]1OC(=O)C[C@@H](O)[C@H](C)[C@@H](O[C@@H]2O[C@H](C)C(O)C(N(C)C)C2O)[C@@H](CCn2cc(-c3ccccc3)nn2)C[C@@H](C)C(=O)C=CC(C)=C[C@@H]1Cn1cc(-c2ccccc2)nn1. The Morgan fingerprint density at radius 3 is 2.08 bits per heavy atom. The Bertz CT molecular complexity index is 2110. The van der Waals surface area contributed by atoms with Gasteiger partial charge in [0.05, 0.1) is 55.8 Å². The average molecular weight is 854 g/mol. The zero-order valence-corrected chi connectivity index (χ0v) is 36.8. The van der Waals surface area contributed by atoms with Gasteiger partial charge in [0.25, 0.3) is 0 Å². The second-order valence-corrected chi connectivity index (χ2v) is 17.2. The number of aryl methyl sites for hydroxylation is 1. The molecular formula is C47H63N7O8. The van der Waals surface area contributed by atoms with Crippen molar-refractivity contribution >= 4 is 11.8 Å². The third-order valence-corrected chi connectivity index (χ3v) is 12.3. The minimum absolute atomic E-state index is 0.0916. The number of nitrogens with zero attached hydrogens (tertiary/aromatic N) is 7. The van der Waals surface area contributed by atoms with Crippen LogP contribution in [0.2, 0.25) is 0 Å². The second-order valence-electron chi connectivity index (χ2n) is 17.2. The second kappa shape index (κ2) is 21.5. The van der Waals surface area contributed by atoms with E-state index in [1.54, 1.807) is 54.4 Å². The van der Waals surface area contributed by atoms with Crippen molar-refractivity contribution in [2.45, 2.75) is 122 Å². The number of aliphatic hydroxyl groups excluding tert-OH is 3. The molecule has 2 aromatic carbocycles. The van der Waals surface area contributed by atoms with E-state index in [9.17, 15) is 24.9 Å². The van der Waals surface area contributed by atoms with Crippen LogP contribution in [-0.4, -0.2) is 125 Å². The van der Waals surface area contributed by atoms with Gasteiger partial charge in [-0.25, -0.2) is 0 Å². The summed E-state index contributed by atoms with van der Waals surface area (Å²) in [6, 6.07) is 18.8. The van der Waals surface area contributed by atoms with Crippen LogP contribution in [-0.2, 0) is 36.9 Å². The van der Waals surface area contributed by atoms with Crippen LogP contribution in [0.4, 0.5) is 0 Å². The maximum absolute atomic E-state index is 14.0. The maximum Gasteiger partial charge on any atom is 0.308 e. The van der Waals surface area contributed by atoms with Gasteiger partial charge >= 0.3 is 5.97 Å². The first-order valence-corrected chi connectivity index (χ1v) is 21.7. The summed E-state index contributed by atoms with van der Waals surface area (Å²) in [5, 5.41) is 52.1. The molecule has 12 atom stereocenters. The summed E-state index contributed by atoms with van der Waals surface area (Å²) in [6.07, 6.45) is 3.20. The third kappa shape index (κ3) is 11.8. The van der Waals surface area contributed by atoms with Gasteiger partial charge in [-0.15, -0.1) is 10.2 Å². The molecule has 2 aliphatic rings. The zero-order chi connectivity index (χ0) is 44.5. The lowest BCUT2D eigenvalue weighted by Crippen LogP contribution is -2.63. The number of likely N-dealkylation sites (N-methyl/N-ethyl adjacent to an activating group) is 1. The van der Waals surface area contributed by atoms with Gasteiger partial charge in [0.2, 0.25) is 0 Å². The predicted molar refractivity (Wildman–Crippen MR) is 233 cm³/mol. The summed E-state index contributed by atoms with van der Waals surface area (Å²) in [7, 11) is 3.53. The number of ether oxygens (including phenoxy) is 3. The number of hydrogen-bond donors (Lipinski definition) is 3. The predicted octanol–water partition coefficient (Wildman–Crippen LogP) is 5.13. The number of esters is 1. The standard InChI is InChI=1S/C47H63N7O8/c1-8-41-36(26-54-28-38(49-51-54)34-17-13-10-14-18-34)23-29(2)19-20-39(55)30(3)24-35(21-22-53-27-37(48-50-53)33-15-11-9-12-16-33)46(31(4)40(56)25-42(57)61-41)62-47-45(59)43(52(6)7)44(58)32(5)60-47/h9-20,23,27-28,30-32,35-36,40-41,43-47,56,58-59H,8,21-22,24-26H2,1-7H3/t30-,31+,32-,35+,36-,40-,41-,43?,44?,45?,46-,47+/m1/s1. The lowest BCUT2D eigenvalue weighted by molar-refractivity contribution is -0.304. The Kier molecular flexibility index (Phi) is 16.1. The van der Waals surface area contributed by atoms with Crippen molar-refractivity contribution in [3.05, 3.63) is 96.9 Å². The minimum Gasteiger partial charge on any atom is -0.462 e. The zero-order valence-electron chi connectivity index (χ0n) is 36.8. The molecule has 62 heavy (non-hydrogen) atoms. The van der Waals surface area contributed by atoms with Gasteiger partial charge in [-0.1, -0.05) is 110 Å². The van der Waals surface area contributed by atoms with Crippen LogP contribution in [0, 0.1) is 23.7 Å². The van der Waals surface area contributed by atoms with Crippen LogP contribution in [0.3, 0.4) is 0 Å². The van der Waals surface area contributed by atoms with Crippen LogP contribution in [0.5, 0.6) is 0 Å². The molecule has 6 rings (SSSR count). The van der Waals surface area contributed by atoms with Crippen molar-refractivity contribution in [2.75, 3.05) is 14.1 Å². The van der Waals surface area contributed by atoms with Crippen molar-refractivity contribution < 1.29 is 39.1 Å². The largest absolute Gasteiger partial charge is 0.462 e. The summed E-state index contributed by atoms with van der Waals surface area (Å²) in [4.78, 5) is 29.6. The Labute approximate surface area is 364 Å². The molecular weight excluding hydrogens is 791 g/mol. The molecule has 0 saturated carbocycles. The molecule has 0 radical (unpaired) electrons. The van der Waals surface area contributed by atoms with Crippen LogP contribution in [0.1, 0.15) is 60.3 Å². The monoisotopic (exact) mass is 853 g/mol. The molecule has 0 bridgehead atoms. The molecule has 4 aromatic rings. The quantitative estimate of drug-likeness (QED) is 0.169. The Hall–Kier alpha value is -4.90.